The fraction of sp³-hybridized carbons (Fsp3) is 0.267. The highest BCUT2D eigenvalue weighted by Gasteiger charge is 2.23. The molecule has 2 aromatic heterocycles. The second kappa shape index (κ2) is 10.9. The van der Waals surface area contributed by atoms with Gasteiger partial charge in [0, 0.05) is 24.9 Å². The van der Waals surface area contributed by atoms with Gasteiger partial charge in [0.05, 0.1) is 17.8 Å². The average Bonchev–Trinajstić information content (AvgIpc) is 3.30. The van der Waals surface area contributed by atoms with Gasteiger partial charge in [-0.05, 0) is 40.1 Å². The lowest BCUT2D eigenvalue weighted by molar-refractivity contribution is 0.0697. The molecular weight excluding hydrogens is 512 g/mol. The molecule has 0 atom stereocenters. The summed E-state index contributed by atoms with van der Waals surface area (Å²) in [4.78, 5) is 38.6. The van der Waals surface area contributed by atoms with Gasteiger partial charge >= 0.3 is 11.7 Å². The molecule has 0 unspecified atom stereocenters. The second-order valence-corrected chi connectivity index (χ2v) is 11.1. The van der Waals surface area contributed by atoms with Crippen LogP contribution in [0.2, 0.25) is 0 Å². The van der Waals surface area contributed by atoms with Crippen molar-refractivity contribution in [3.05, 3.63) is 98.7 Å². The molecule has 0 aliphatic heterocycles. The van der Waals surface area contributed by atoms with Gasteiger partial charge < -0.3 is 5.11 Å². The van der Waals surface area contributed by atoms with Crippen molar-refractivity contribution >= 4 is 39.5 Å². The minimum atomic E-state index is -1.06. The second-order valence-electron chi connectivity index (χ2n) is 10.00. The molecule has 5 aromatic rings. The zero-order valence-electron chi connectivity index (χ0n) is 22.1. The summed E-state index contributed by atoms with van der Waals surface area (Å²) in [5.74, 6) is 1.13. The maximum Gasteiger partial charge on any atom is 0.335 e. The van der Waals surface area contributed by atoms with Crippen molar-refractivity contribution in [2.45, 2.75) is 26.9 Å². The van der Waals surface area contributed by atoms with Gasteiger partial charge in [0.1, 0.15) is 5.39 Å². The van der Waals surface area contributed by atoms with E-state index in [0.29, 0.717) is 47.1 Å². The number of hydrogen-bond donors (Lipinski definition) is 1. The zero-order chi connectivity index (χ0) is 27.7. The monoisotopic (exact) mass is 542 g/mol. The van der Waals surface area contributed by atoms with Gasteiger partial charge in [-0.2, -0.15) is 16.9 Å². The van der Waals surface area contributed by atoms with Crippen LogP contribution in [0.15, 0.2) is 76.3 Å². The molecule has 1 N–H and O–H groups in total. The van der Waals surface area contributed by atoms with E-state index in [1.807, 2.05) is 42.5 Å². The van der Waals surface area contributed by atoms with Crippen LogP contribution in [0.3, 0.4) is 0 Å². The van der Waals surface area contributed by atoms with Gasteiger partial charge in [0.2, 0.25) is 0 Å². The third-order valence-electron chi connectivity index (χ3n) is 6.72. The summed E-state index contributed by atoms with van der Waals surface area (Å²) in [6, 6.07) is 20.6. The third-order valence-corrected chi connectivity index (χ3v) is 8.09. The van der Waals surface area contributed by atoms with Crippen LogP contribution in [0.25, 0.3) is 33.1 Å². The highest BCUT2D eigenvalue weighted by atomic mass is 32.2. The van der Waals surface area contributed by atoms with E-state index in [0.717, 1.165) is 26.7 Å². The Balaban J connectivity index is 1.75. The van der Waals surface area contributed by atoms with E-state index in [1.165, 1.54) is 13.1 Å². The molecule has 0 saturated carbocycles. The number of nitrogens with zero attached hydrogens (tertiary/aromatic N) is 4. The number of aryl methyl sites for hydroxylation is 1. The lowest BCUT2D eigenvalue weighted by atomic mass is 10.0. The Kier molecular flexibility index (Phi) is 7.43. The SMILES string of the molecule is CC(C)CSCCn1c(=O)n(C)c(=O)c2c(-c3cccc(C(=O)O)c3)n(Cc3cccc4ccccc34)nc21. The first-order valence-electron chi connectivity index (χ1n) is 12.8. The molecule has 39 heavy (non-hydrogen) atoms. The quantitative estimate of drug-likeness (QED) is 0.267. The molecule has 2 heterocycles. The average molecular weight is 543 g/mol. The Hall–Kier alpha value is -4.11. The number of hydrogen-bond acceptors (Lipinski definition) is 5. The maximum atomic E-state index is 13.6. The largest absolute Gasteiger partial charge is 0.478 e. The number of aromatic carboxylic acids is 1. The number of fused-ring (bicyclic) bond motifs is 2. The van der Waals surface area contributed by atoms with Gasteiger partial charge in [-0.3, -0.25) is 18.6 Å². The van der Waals surface area contributed by atoms with Gasteiger partial charge in [-0.15, -0.1) is 0 Å². The highest BCUT2D eigenvalue weighted by molar-refractivity contribution is 7.99. The van der Waals surface area contributed by atoms with Crippen LogP contribution in [0.5, 0.6) is 0 Å². The number of carboxylic acid groups (broad SMARTS) is 1. The molecule has 8 nitrogen and oxygen atoms in total. The summed E-state index contributed by atoms with van der Waals surface area (Å²) >= 11 is 1.75. The summed E-state index contributed by atoms with van der Waals surface area (Å²) in [5.41, 5.74) is 1.58. The first-order valence-corrected chi connectivity index (χ1v) is 14.0. The van der Waals surface area contributed by atoms with Gasteiger partial charge in [-0.25, -0.2) is 9.59 Å². The number of carbonyl (C=O) groups is 1. The summed E-state index contributed by atoms with van der Waals surface area (Å²) in [6.07, 6.45) is 0. The van der Waals surface area contributed by atoms with Crippen molar-refractivity contribution in [3.8, 4) is 11.3 Å². The van der Waals surface area contributed by atoms with Crippen LogP contribution in [0.1, 0.15) is 29.8 Å². The van der Waals surface area contributed by atoms with Crippen molar-refractivity contribution in [2.75, 3.05) is 11.5 Å². The Morgan fingerprint density at radius 2 is 1.77 bits per heavy atom. The lowest BCUT2D eigenvalue weighted by Gasteiger charge is -2.11. The van der Waals surface area contributed by atoms with Crippen LogP contribution in [0.4, 0.5) is 0 Å². The van der Waals surface area contributed by atoms with Crippen LogP contribution in [-0.4, -0.2) is 41.5 Å². The molecule has 0 aliphatic rings. The summed E-state index contributed by atoms with van der Waals surface area (Å²) in [7, 11) is 1.47. The van der Waals surface area contributed by atoms with Gasteiger partial charge in [0.25, 0.3) is 5.56 Å². The summed E-state index contributed by atoms with van der Waals surface area (Å²) in [5, 5.41) is 16.9. The first-order chi connectivity index (χ1) is 18.8. The predicted molar refractivity (Wildman–Crippen MR) is 157 cm³/mol. The van der Waals surface area contributed by atoms with Crippen LogP contribution < -0.4 is 11.2 Å². The topological polar surface area (TPSA) is 99.1 Å². The summed E-state index contributed by atoms with van der Waals surface area (Å²) < 4.78 is 4.41. The fourth-order valence-corrected chi connectivity index (χ4v) is 5.79. The van der Waals surface area contributed by atoms with Crippen LogP contribution >= 0.6 is 11.8 Å². The molecule has 0 bridgehead atoms. The molecule has 0 radical (unpaired) electrons. The predicted octanol–water partition coefficient (Wildman–Crippen LogP) is 4.85. The number of carboxylic acids is 1. The standard InChI is InChI=1S/C30H30N4O4S/c1-19(2)18-39-15-14-33-27-25(28(35)32(3)30(33)38)26(21-10-7-11-22(16-21)29(36)37)34(31-27)17-23-12-6-9-20-8-4-5-13-24(20)23/h4-13,16,19H,14-15,17-18H2,1-3H3,(H,36,37). The lowest BCUT2D eigenvalue weighted by Crippen LogP contribution is -2.38. The molecule has 200 valence electrons. The molecular formula is C30H30N4O4S. The first kappa shape index (κ1) is 26.5. The Bertz CT molecular complexity index is 1810. The number of aromatic nitrogens is 4. The summed E-state index contributed by atoms with van der Waals surface area (Å²) in [6.45, 7) is 5.04. The minimum absolute atomic E-state index is 0.105. The molecule has 3 aromatic carbocycles. The highest BCUT2D eigenvalue weighted by Crippen LogP contribution is 2.29. The van der Waals surface area contributed by atoms with Crippen LogP contribution in [-0.2, 0) is 20.1 Å². The molecule has 0 amide bonds. The van der Waals surface area contributed by atoms with E-state index in [2.05, 4.69) is 13.8 Å². The normalized spacial score (nSPS) is 11.6. The van der Waals surface area contributed by atoms with Crippen LogP contribution in [0, 0.1) is 5.92 Å². The fourth-order valence-electron chi connectivity index (χ4n) is 4.84. The Morgan fingerprint density at radius 3 is 2.54 bits per heavy atom. The van der Waals surface area contributed by atoms with Crippen molar-refractivity contribution in [2.24, 2.45) is 13.0 Å². The Labute approximate surface area is 229 Å². The van der Waals surface area contributed by atoms with E-state index in [-0.39, 0.29) is 5.56 Å². The molecule has 0 saturated heterocycles. The third kappa shape index (κ3) is 5.14. The maximum absolute atomic E-state index is 13.6. The van der Waals surface area contributed by atoms with E-state index in [1.54, 1.807) is 39.2 Å². The van der Waals surface area contributed by atoms with E-state index < -0.39 is 17.2 Å². The smallest absolute Gasteiger partial charge is 0.335 e. The number of thioether (sulfide) groups is 1. The number of rotatable bonds is 9. The molecule has 5 rings (SSSR count). The zero-order valence-corrected chi connectivity index (χ0v) is 22.9. The van der Waals surface area contributed by atoms with E-state index in [4.69, 9.17) is 5.10 Å². The van der Waals surface area contributed by atoms with Crippen molar-refractivity contribution in [3.63, 3.8) is 0 Å². The van der Waals surface area contributed by atoms with E-state index in [9.17, 15) is 19.5 Å². The van der Waals surface area contributed by atoms with E-state index >= 15 is 0 Å². The van der Waals surface area contributed by atoms with Crippen molar-refractivity contribution < 1.29 is 9.90 Å². The minimum Gasteiger partial charge on any atom is -0.478 e. The number of benzene rings is 3. The molecule has 9 heteroatoms. The molecule has 0 spiro atoms. The molecule has 0 aliphatic carbocycles. The van der Waals surface area contributed by atoms with Gasteiger partial charge in [0.15, 0.2) is 5.65 Å². The van der Waals surface area contributed by atoms with Crippen molar-refractivity contribution in [1.29, 1.82) is 0 Å². The Morgan fingerprint density at radius 1 is 1.03 bits per heavy atom. The van der Waals surface area contributed by atoms with Crippen molar-refractivity contribution in [1.82, 2.24) is 18.9 Å². The molecule has 0 fully saturated rings. The van der Waals surface area contributed by atoms with Gasteiger partial charge in [-0.1, -0.05) is 68.4 Å².